The van der Waals surface area contributed by atoms with Gasteiger partial charge in [-0.15, -0.1) is 0 Å². The van der Waals surface area contributed by atoms with Crippen molar-refractivity contribution in [3.8, 4) is 17.1 Å². The Morgan fingerprint density at radius 1 is 1.33 bits per heavy atom. The van der Waals surface area contributed by atoms with Crippen LogP contribution in [0.1, 0.15) is 0 Å². The van der Waals surface area contributed by atoms with E-state index >= 15 is 0 Å². The molecule has 0 saturated heterocycles. The summed E-state index contributed by atoms with van der Waals surface area (Å²) < 4.78 is 12.2. The molecule has 96 valence electrons. The van der Waals surface area contributed by atoms with Crippen molar-refractivity contribution in [3.63, 3.8) is 0 Å². The summed E-state index contributed by atoms with van der Waals surface area (Å²) in [6.07, 6.45) is 1.64. The molecule has 0 fully saturated rings. The van der Waals surface area contributed by atoms with Crippen LogP contribution < -0.4 is 10.5 Å². The summed E-state index contributed by atoms with van der Waals surface area (Å²) in [7, 11) is 3.45. The molecular formula is C12H16N4O2. The number of hydrogen-bond acceptors (Lipinski definition) is 5. The molecule has 0 aliphatic carbocycles. The third-order valence-corrected chi connectivity index (χ3v) is 2.39. The molecule has 1 heterocycles. The Labute approximate surface area is 105 Å². The molecular weight excluding hydrogens is 232 g/mol. The number of aromatic nitrogens is 3. The van der Waals surface area contributed by atoms with E-state index in [1.807, 2.05) is 13.1 Å². The first-order chi connectivity index (χ1) is 8.70. The van der Waals surface area contributed by atoms with Crippen LogP contribution in [-0.2, 0) is 11.8 Å². The average molecular weight is 248 g/mol. The van der Waals surface area contributed by atoms with Crippen molar-refractivity contribution in [1.29, 1.82) is 0 Å². The lowest BCUT2D eigenvalue weighted by atomic mass is 10.1. The fourth-order valence-corrected chi connectivity index (χ4v) is 1.55. The molecule has 6 nitrogen and oxygen atoms in total. The first kappa shape index (κ1) is 12.4. The fourth-order valence-electron chi connectivity index (χ4n) is 1.55. The molecule has 2 rings (SSSR count). The smallest absolute Gasteiger partial charge is 0.184 e. The normalized spacial score (nSPS) is 10.6. The SMILES string of the molecule is COCCOc1ccc(N)cc1-c1ncn(C)n1. The molecule has 2 aromatic rings. The molecule has 0 bridgehead atoms. The lowest BCUT2D eigenvalue weighted by molar-refractivity contribution is 0.146. The predicted molar refractivity (Wildman–Crippen MR) is 68.2 cm³/mol. The molecule has 0 amide bonds. The zero-order valence-electron chi connectivity index (χ0n) is 10.5. The van der Waals surface area contributed by atoms with Crippen LogP contribution in [0.2, 0.25) is 0 Å². The van der Waals surface area contributed by atoms with E-state index in [9.17, 15) is 0 Å². The van der Waals surface area contributed by atoms with Gasteiger partial charge in [-0.3, -0.25) is 4.68 Å². The minimum absolute atomic E-state index is 0.472. The molecule has 1 aromatic heterocycles. The number of nitrogens with two attached hydrogens (primary N) is 1. The largest absolute Gasteiger partial charge is 0.490 e. The van der Waals surface area contributed by atoms with E-state index in [1.165, 1.54) is 0 Å². The molecule has 1 aromatic carbocycles. The molecule has 0 atom stereocenters. The number of anilines is 1. The van der Waals surface area contributed by atoms with Crippen molar-refractivity contribution < 1.29 is 9.47 Å². The number of nitrogens with zero attached hydrogens (tertiary/aromatic N) is 3. The first-order valence-corrected chi connectivity index (χ1v) is 5.58. The molecule has 0 spiro atoms. The van der Waals surface area contributed by atoms with Crippen molar-refractivity contribution in [2.75, 3.05) is 26.1 Å². The standard InChI is InChI=1S/C12H16N4O2/c1-16-8-14-12(15-16)10-7-9(13)3-4-11(10)18-6-5-17-2/h3-4,7-8H,5-6,13H2,1-2H3. The molecule has 18 heavy (non-hydrogen) atoms. The lowest BCUT2D eigenvalue weighted by Gasteiger charge is -2.09. The van der Waals surface area contributed by atoms with E-state index in [1.54, 1.807) is 30.3 Å². The van der Waals surface area contributed by atoms with E-state index in [4.69, 9.17) is 15.2 Å². The minimum atomic E-state index is 0.472. The number of aryl methyl sites for hydroxylation is 1. The van der Waals surface area contributed by atoms with Crippen LogP contribution in [0.25, 0.3) is 11.4 Å². The van der Waals surface area contributed by atoms with Crippen LogP contribution in [0.3, 0.4) is 0 Å². The van der Waals surface area contributed by atoms with Gasteiger partial charge in [0.2, 0.25) is 0 Å². The molecule has 6 heteroatoms. The summed E-state index contributed by atoms with van der Waals surface area (Å²) in [5, 5.41) is 4.25. The molecule has 0 radical (unpaired) electrons. The van der Waals surface area contributed by atoms with E-state index in [0.29, 0.717) is 30.5 Å². The van der Waals surface area contributed by atoms with Crippen molar-refractivity contribution in [3.05, 3.63) is 24.5 Å². The number of methoxy groups -OCH3 is 1. The second-order valence-electron chi connectivity index (χ2n) is 3.84. The van der Waals surface area contributed by atoms with E-state index < -0.39 is 0 Å². The van der Waals surface area contributed by atoms with Crippen LogP contribution in [-0.4, -0.2) is 35.1 Å². The van der Waals surface area contributed by atoms with Gasteiger partial charge in [0, 0.05) is 19.8 Å². The van der Waals surface area contributed by atoms with Crippen molar-refractivity contribution in [1.82, 2.24) is 14.8 Å². The predicted octanol–water partition coefficient (Wildman–Crippen LogP) is 1.09. The molecule has 0 unspecified atom stereocenters. The highest BCUT2D eigenvalue weighted by molar-refractivity contribution is 5.68. The van der Waals surface area contributed by atoms with Crippen molar-refractivity contribution >= 4 is 5.69 Å². The summed E-state index contributed by atoms with van der Waals surface area (Å²) in [5.74, 6) is 1.30. The third kappa shape index (κ3) is 2.78. The second kappa shape index (κ2) is 5.50. The Hall–Kier alpha value is -2.08. The number of rotatable bonds is 5. The Kier molecular flexibility index (Phi) is 3.78. The maximum Gasteiger partial charge on any atom is 0.184 e. The van der Waals surface area contributed by atoms with Crippen LogP contribution in [0.4, 0.5) is 5.69 Å². The maximum atomic E-state index is 5.78. The maximum absolute atomic E-state index is 5.78. The highest BCUT2D eigenvalue weighted by Gasteiger charge is 2.11. The van der Waals surface area contributed by atoms with Gasteiger partial charge in [-0.2, -0.15) is 5.10 Å². The van der Waals surface area contributed by atoms with Gasteiger partial charge in [0.05, 0.1) is 12.2 Å². The van der Waals surface area contributed by atoms with E-state index in [-0.39, 0.29) is 0 Å². The van der Waals surface area contributed by atoms with Gasteiger partial charge in [0.25, 0.3) is 0 Å². The van der Waals surface area contributed by atoms with Crippen LogP contribution >= 0.6 is 0 Å². The first-order valence-electron chi connectivity index (χ1n) is 5.58. The quantitative estimate of drug-likeness (QED) is 0.633. The van der Waals surface area contributed by atoms with E-state index in [2.05, 4.69) is 10.1 Å². The van der Waals surface area contributed by atoms with Crippen LogP contribution in [0.5, 0.6) is 5.75 Å². The summed E-state index contributed by atoms with van der Waals surface area (Å²) in [5.41, 5.74) is 7.22. The van der Waals surface area contributed by atoms with Gasteiger partial charge < -0.3 is 15.2 Å². The Balaban J connectivity index is 2.29. The second-order valence-corrected chi connectivity index (χ2v) is 3.84. The van der Waals surface area contributed by atoms with Crippen LogP contribution in [0, 0.1) is 0 Å². The Morgan fingerprint density at radius 2 is 2.17 bits per heavy atom. The number of hydrogen-bond donors (Lipinski definition) is 1. The summed E-state index contributed by atoms with van der Waals surface area (Å²) >= 11 is 0. The zero-order chi connectivity index (χ0) is 13.0. The monoisotopic (exact) mass is 248 g/mol. The molecule has 0 aliphatic rings. The molecule has 2 N–H and O–H groups in total. The molecule has 0 aliphatic heterocycles. The van der Waals surface area contributed by atoms with Gasteiger partial charge in [-0.05, 0) is 18.2 Å². The van der Waals surface area contributed by atoms with Crippen LogP contribution in [0.15, 0.2) is 24.5 Å². The topological polar surface area (TPSA) is 75.2 Å². The Morgan fingerprint density at radius 3 is 2.83 bits per heavy atom. The average Bonchev–Trinajstić information content (AvgIpc) is 2.78. The number of nitrogen functional groups attached to an aromatic ring is 1. The van der Waals surface area contributed by atoms with Crippen molar-refractivity contribution in [2.45, 2.75) is 0 Å². The highest BCUT2D eigenvalue weighted by atomic mass is 16.5. The van der Waals surface area contributed by atoms with Gasteiger partial charge in [-0.25, -0.2) is 4.98 Å². The number of benzene rings is 1. The third-order valence-electron chi connectivity index (χ3n) is 2.39. The van der Waals surface area contributed by atoms with Gasteiger partial charge in [0.15, 0.2) is 5.82 Å². The van der Waals surface area contributed by atoms with Gasteiger partial charge in [0.1, 0.15) is 18.7 Å². The highest BCUT2D eigenvalue weighted by Crippen LogP contribution is 2.29. The van der Waals surface area contributed by atoms with Gasteiger partial charge >= 0.3 is 0 Å². The number of ether oxygens (including phenoxy) is 2. The van der Waals surface area contributed by atoms with Gasteiger partial charge in [-0.1, -0.05) is 0 Å². The fraction of sp³-hybridized carbons (Fsp3) is 0.333. The Bertz CT molecular complexity index is 525. The zero-order valence-corrected chi connectivity index (χ0v) is 10.5. The summed E-state index contributed by atoms with van der Waals surface area (Å²) in [4.78, 5) is 4.20. The summed E-state index contributed by atoms with van der Waals surface area (Å²) in [6, 6.07) is 5.41. The van der Waals surface area contributed by atoms with E-state index in [0.717, 1.165) is 5.56 Å². The lowest BCUT2D eigenvalue weighted by Crippen LogP contribution is -2.05. The molecule has 0 saturated carbocycles. The summed E-state index contributed by atoms with van der Waals surface area (Å²) in [6.45, 7) is 1.000. The minimum Gasteiger partial charge on any atom is -0.490 e. The van der Waals surface area contributed by atoms with Crippen molar-refractivity contribution in [2.24, 2.45) is 7.05 Å².